The minimum atomic E-state index is -0.0757. The summed E-state index contributed by atoms with van der Waals surface area (Å²) in [7, 11) is 1.89. The smallest absolute Gasteiger partial charge is 0.235 e. The van der Waals surface area contributed by atoms with Crippen LogP contribution in [0, 0.1) is 0 Å². The molecule has 1 aliphatic carbocycles. The van der Waals surface area contributed by atoms with Crippen molar-refractivity contribution in [3.8, 4) is 11.4 Å². The molecule has 1 amide bonds. The maximum atomic E-state index is 12.4. The number of pyridine rings is 1. The number of amides is 1. The summed E-state index contributed by atoms with van der Waals surface area (Å²) in [5.74, 6) is 1.70. The highest BCUT2D eigenvalue weighted by Gasteiger charge is 2.21. The van der Waals surface area contributed by atoms with Gasteiger partial charge in [0.05, 0.1) is 18.0 Å². The summed E-state index contributed by atoms with van der Waals surface area (Å²) in [5.41, 5.74) is 0.941. The molecule has 0 radical (unpaired) electrons. The van der Waals surface area contributed by atoms with Crippen molar-refractivity contribution in [1.82, 2.24) is 29.5 Å². The third-order valence-corrected chi connectivity index (χ3v) is 5.73. The van der Waals surface area contributed by atoms with E-state index in [0.717, 1.165) is 30.0 Å². The van der Waals surface area contributed by atoms with Gasteiger partial charge in [-0.25, -0.2) is 4.68 Å². The van der Waals surface area contributed by atoms with E-state index >= 15 is 0 Å². The summed E-state index contributed by atoms with van der Waals surface area (Å²) in [5, 5.41) is 16.5. The second kappa shape index (κ2) is 7.91. The second-order valence-corrected chi connectivity index (χ2v) is 7.48. The maximum Gasteiger partial charge on any atom is 0.235 e. The highest BCUT2D eigenvalue weighted by atomic mass is 32.2. The maximum absolute atomic E-state index is 12.4. The van der Waals surface area contributed by atoms with Gasteiger partial charge in [-0.2, -0.15) is 5.10 Å². The van der Waals surface area contributed by atoms with Gasteiger partial charge in [0.2, 0.25) is 5.91 Å². The Bertz CT molecular complexity index is 915. The van der Waals surface area contributed by atoms with Crippen LogP contribution in [0.25, 0.3) is 11.4 Å². The van der Waals surface area contributed by atoms with Crippen molar-refractivity contribution in [3.63, 3.8) is 0 Å². The number of thioether (sulfide) groups is 1. The molecule has 1 fully saturated rings. The summed E-state index contributed by atoms with van der Waals surface area (Å²) in [6, 6.07) is 6.01. The SMILES string of the molecule is Cn1c(SCC(=O)Nc2ccnn2C2CCCC2)nnc1-c1ccncc1. The van der Waals surface area contributed by atoms with Gasteiger partial charge in [0.15, 0.2) is 11.0 Å². The predicted molar refractivity (Wildman–Crippen MR) is 103 cm³/mol. The Kier molecular flexibility index (Phi) is 5.19. The van der Waals surface area contributed by atoms with Crippen molar-refractivity contribution >= 4 is 23.5 Å². The standard InChI is InChI=1S/C18H21N7OS/c1-24-17(13-6-9-19-10-7-13)22-23-18(24)27-12-16(26)21-15-8-11-20-25(15)14-4-2-3-5-14/h6-11,14H,2-5,12H2,1H3,(H,21,26). The van der Waals surface area contributed by atoms with Crippen LogP contribution >= 0.6 is 11.8 Å². The number of carbonyl (C=O) groups excluding carboxylic acids is 1. The summed E-state index contributed by atoms with van der Waals surface area (Å²) in [6.45, 7) is 0. The van der Waals surface area contributed by atoms with Gasteiger partial charge in [-0.15, -0.1) is 10.2 Å². The van der Waals surface area contributed by atoms with Gasteiger partial charge in [0.1, 0.15) is 5.82 Å². The van der Waals surface area contributed by atoms with Crippen LogP contribution in [0.5, 0.6) is 0 Å². The van der Waals surface area contributed by atoms with Crippen molar-refractivity contribution in [3.05, 3.63) is 36.8 Å². The predicted octanol–water partition coefficient (Wildman–Crippen LogP) is 2.92. The first-order chi connectivity index (χ1) is 13.2. The van der Waals surface area contributed by atoms with Crippen molar-refractivity contribution in [2.75, 3.05) is 11.1 Å². The van der Waals surface area contributed by atoms with Crippen LogP contribution in [0.15, 0.2) is 41.9 Å². The average Bonchev–Trinajstić information content (AvgIpc) is 3.42. The minimum Gasteiger partial charge on any atom is -0.310 e. The van der Waals surface area contributed by atoms with Gasteiger partial charge in [0, 0.05) is 31.1 Å². The third kappa shape index (κ3) is 3.87. The van der Waals surface area contributed by atoms with Crippen LogP contribution in [0.3, 0.4) is 0 Å². The Balaban J connectivity index is 1.38. The lowest BCUT2D eigenvalue weighted by molar-refractivity contribution is -0.113. The fourth-order valence-corrected chi connectivity index (χ4v) is 4.07. The van der Waals surface area contributed by atoms with Gasteiger partial charge in [-0.1, -0.05) is 24.6 Å². The van der Waals surface area contributed by atoms with Crippen LogP contribution in [-0.2, 0) is 11.8 Å². The zero-order valence-electron chi connectivity index (χ0n) is 15.1. The number of carbonyl (C=O) groups is 1. The molecule has 140 valence electrons. The minimum absolute atomic E-state index is 0.0757. The van der Waals surface area contributed by atoms with Crippen LogP contribution in [-0.4, -0.2) is 41.2 Å². The van der Waals surface area contributed by atoms with E-state index in [1.807, 2.05) is 34.5 Å². The van der Waals surface area contributed by atoms with Crippen molar-refractivity contribution < 1.29 is 4.79 Å². The molecule has 9 heteroatoms. The zero-order valence-corrected chi connectivity index (χ0v) is 15.9. The Morgan fingerprint density at radius 3 is 2.74 bits per heavy atom. The Morgan fingerprint density at radius 1 is 1.19 bits per heavy atom. The second-order valence-electron chi connectivity index (χ2n) is 6.54. The quantitative estimate of drug-likeness (QED) is 0.658. The highest BCUT2D eigenvalue weighted by molar-refractivity contribution is 7.99. The molecule has 3 heterocycles. The molecule has 1 saturated carbocycles. The summed E-state index contributed by atoms with van der Waals surface area (Å²) >= 11 is 1.36. The van der Waals surface area contributed by atoms with Crippen LogP contribution in [0.2, 0.25) is 0 Å². The number of hydrogen-bond acceptors (Lipinski definition) is 6. The molecule has 0 spiro atoms. The van der Waals surface area contributed by atoms with Crippen LogP contribution in [0.1, 0.15) is 31.7 Å². The fourth-order valence-electron chi connectivity index (χ4n) is 3.36. The van der Waals surface area contributed by atoms with E-state index in [0.29, 0.717) is 11.2 Å². The lowest BCUT2D eigenvalue weighted by Gasteiger charge is -2.14. The first-order valence-electron chi connectivity index (χ1n) is 8.98. The Hall–Kier alpha value is -2.68. The zero-order chi connectivity index (χ0) is 18.6. The van der Waals surface area contributed by atoms with Gasteiger partial charge in [0.25, 0.3) is 0 Å². The van der Waals surface area contributed by atoms with Gasteiger partial charge in [-0.05, 0) is 25.0 Å². The first-order valence-corrected chi connectivity index (χ1v) is 9.97. The molecule has 3 aromatic heterocycles. The fraction of sp³-hybridized carbons (Fsp3) is 0.389. The van der Waals surface area contributed by atoms with E-state index in [4.69, 9.17) is 0 Å². The normalized spacial score (nSPS) is 14.6. The molecule has 27 heavy (non-hydrogen) atoms. The highest BCUT2D eigenvalue weighted by Crippen LogP contribution is 2.31. The third-order valence-electron chi connectivity index (χ3n) is 4.71. The molecule has 1 N–H and O–H groups in total. The van der Waals surface area contributed by atoms with E-state index in [1.54, 1.807) is 18.6 Å². The van der Waals surface area contributed by atoms with Crippen molar-refractivity contribution in [2.45, 2.75) is 36.9 Å². The number of anilines is 1. The first kappa shape index (κ1) is 17.7. The van der Waals surface area contributed by atoms with E-state index in [2.05, 4.69) is 25.6 Å². The molecule has 8 nitrogen and oxygen atoms in total. The van der Waals surface area contributed by atoms with E-state index in [-0.39, 0.29) is 11.7 Å². The number of nitrogens with one attached hydrogen (secondary N) is 1. The van der Waals surface area contributed by atoms with E-state index < -0.39 is 0 Å². The molecular formula is C18H21N7OS. The average molecular weight is 383 g/mol. The molecular weight excluding hydrogens is 362 g/mol. The summed E-state index contributed by atoms with van der Waals surface area (Å²) in [6.07, 6.45) is 9.87. The summed E-state index contributed by atoms with van der Waals surface area (Å²) in [4.78, 5) is 16.4. The summed E-state index contributed by atoms with van der Waals surface area (Å²) < 4.78 is 3.83. The van der Waals surface area contributed by atoms with Crippen LogP contribution < -0.4 is 5.32 Å². The molecule has 0 unspecified atom stereocenters. The molecule has 0 bridgehead atoms. The number of nitrogens with zero attached hydrogens (tertiary/aromatic N) is 6. The van der Waals surface area contributed by atoms with Gasteiger partial charge in [-0.3, -0.25) is 9.78 Å². The van der Waals surface area contributed by atoms with E-state index in [1.165, 1.54) is 24.6 Å². The monoisotopic (exact) mass is 383 g/mol. The van der Waals surface area contributed by atoms with Crippen molar-refractivity contribution in [2.24, 2.45) is 7.05 Å². The molecule has 0 aliphatic heterocycles. The van der Waals surface area contributed by atoms with E-state index in [9.17, 15) is 4.79 Å². The molecule has 3 aromatic rings. The molecule has 4 rings (SSSR count). The Labute approximate surface area is 161 Å². The topological polar surface area (TPSA) is 90.5 Å². The lowest BCUT2D eigenvalue weighted by atomic mass is 10.2. The van der Waals surface area contributed by atoms with Crippen molar-refractivity contribution in [1.29, 1.82) is 0 Å². The number of hydrogen-bond donors (Lipinski definition) is 1. The number of aromatic nitrogens is 6. The Morgan fingerprint density at radius 2 is 1.96 bits per heavy atom. The number of rotatable bonds is 6. The van der Waals surface area contributed by atoms with Gasteiger partial charge >= 0.3 is 0 Å². The molecule has 0 aromatic carbocycles. The molecule has 1 aliphatic rings. The van der Waals surface area contributed by atoms with Gasteiger partial charge < -0.3 is 9.88 Å². The lowest BCUT2D eigenvalue weighted by Crippen LogP contribution is -2.19. The van der Waals surface area contributed by atoms with Crippen LogP contribution in [0.4, 0.5) is 5.82 Å². The largest absolute Gasteiger partial charge is 0.310 e. The molecule has 0 atom stereocenters. The molecule has 0 saturated heterocycles.